The van der Waals surface area contributed by atoms with Gasteiger partial charge < -0.3 is 15.0 Å². The van der Waals surface area contributed by atoms with Crippen LogP contribution in [0, 0.1) is 10.1 Å². The second-order valence-corrected chi connectivity index (χ2v) is 7.57. The molecule has 0 spiro atoms. The van der Waals surface area contributed by atoms with Crippen molar-refractivity contribution in [3.8, 4) is 0 Å². The second-order valence-electron chi connectivity index (χ2n) is 6.63. The van der Waals surface area contributed by atoms with Crippen molar-refractivity contribution in [2.45, 2.75) is 24.0 Å². The third-order valence-electron chi connectivity index (χ3n) is 4.53. The fourth-order valence-electron chi connectivity index (χ4n) is 3.02. The van der Waals surface area contributed by atoms with Crippen molar-refractivity contribution in [3.63, 3.8) is 0 Å². The third-order valence-corrected chi connectivity index (χ3v) is 5.47. The molecule has 1 aromatic heterocycles. The van der Waals surface area contributed by atoms with Crippen LogP contribution in [-0.2, 0) is 9.53 Å². The van der Waals surface area contributed by atoms with Crippen molar-refractivity contribution in [2.24, 2.45) is 0 Å². The van der Waals surface area contributed by atoms with Gasteiger partial charge >= 0.3 is 0 Å². The monoisotopic (exact) mass is 404 g/mol. The van der Waals surface area contributed by atoms with Gasteiger partial charge in [0, 0.05) is 37.0 Å². The lowest BCUT2D eigenvalue weighted by Gasteiger charge is -2.27. The first-order valence-corrected chi connectivity index (χ1v) is 10.0. The molecule has 2 aromatic rings. The highest BCUT2D eigenvalue weighted by molar-refractivity contribution is 7.99. The van der Waals surface area contributed by atoms with Crippen LogP contribution in [0.1, 0.15) is 18.9 Å². The van der Waals surface area contributed by atoms with Gasteiger partial charge in [-0.2, -0.15) is 0 Å². The lowest BCUT2D eigenvalue weighted by molar-refractivity contribution is -0.384. The number of benzene rings is 1. The molecule has 2 aliphatic rings. The minimum absolute atomic E-state index is 0.0610. The number of ether oxygens (including phenoxy) is 1. The molecule has 1 amide bonds. The molecule has 0 unspecified atom stereocenters. The second kappa shape index (κ2) is 8.15. The maximum absolute atomic E-state index is 12.3. The van der Waals surface area contributed by atoms with E-state index in [0.29, 0.717) is 24.9 Å². The molecule has 1 saturated carbocycles. The molecule has 0 radical (unpaired) electrons. The summed E-state index contributed by atoms with van der Waals surface area (Å²) in [6.07, 6.45) is 2.17. The zero-order valence-corrected chi connectivity index (χ0v) is 15.9. The average Bonchev–Trinajstić information content (AvgIpc) is 3.46. The number of morpholine rings is 1. The Bertz CT molecular complexity index is 878. The number of nitro benzene ring substituents is 1. The minimum Gasteiger partial charge on any atom is -0.378 e. The van der Waals surface area contributed by atoms with Crippen LogP contribution in [0.2, 0.25) is 0 Å². The Morgan fingerprint density at radius 2 is 2.11 bits per heavy atom. The van der Waals surface area contributed by atoms with Gasteiger partial charge in [-0.05, 0) is 18.9 Å². The van der Waals surface area contributed by atoms with Gasteiger partial charge in [0.25, 0.3) is 5.69 Å². The molecule has 11 heteroatoms. The summed E-state index contributed by atoms with van der Waals surface area (Å²) in [6, 6.07) is 6.27. The Hall–Kier alpha value is -2.66. The number of carbonyl (C=O) groups excluding carboxylic acids is 1. The van der Waals surface area contributed by atoms with Crippen molar-refractivity contribution >= 4 is 35.0 Å². The number of anilines is 2. The molecule has 2 heterocycles. The number of nitro groups is 1. The van der Waals surface area contributed by atoms with Crippen LogP contribution in [0.25, 0.3) is 0 Å². The van der Waals surface area contributed by atoms with Crippen LogP contribution in [0.5, 0.6) is 0 Å². The molecule has 1 aliphatic carbocycles. The summed E-state index contributed by atoms with van der Waals surface area (Å²) in [4.78, 5) is 24.8. The van der Waals surface area contributed by atoms with E-state index in [4.69, 9.17) is 4.74 Å². The summed E-state index contributed by atoms with van der Waals surface area (Å²) in [5.41, 5.74) is 0.339. The summed E-state index contributed by atoms with van der Waals surface area (Å²) >= 11 is 1.32. The number of thioether (sulfide) groups is 1. The summed E-state index contributed by atoms with van der Waals surface area (Å²) in [5.74, 6) is 0.743. The van der Waals surface area contributed by atoms with Crippen LogP contribution in [0.15, 0.2) is 29.4 Å². The van der Waals surface area contributed by atoms with E-state index in [-0.39, 0.29) is 17.3 Å². The van der Waals surface area contributed by atoms with Crippen molar-refractivity contribution in [3.05, 3.63) is 34.4 Å². The maximum atomic E-state index is 12.3. The molecule has 0 bridgehead atoms. The number of aromatic nitrogens is 3. The summed E-state index contributed by atoms with van der Waals surface area (Å²) in [6.45, 7) is 2.91. The van der Waals surface area contributed by atoms with Crippen LogP contribution in [-0.4, -0.2) is 57.7 Å². The topological polar surface area (TPSA) is 115 Å². The van der Waals surface area contributed by atoms with E-state index in [1.165, 1.54) is 23.9 Å². The van der Waals surface area contributed by atoms with E-state index in [1.807, 2.05) is 0 Å². The number of amides is 1. The number of nitrogens with one attached hydrogen (secondary N) is 1. The largest absolute Gasteiger partial charge is 0.378 e. The lowest BCUT2D eigenvalue weighted by atomic mass is 10.3. The summed E-state index contributed by atoms with van der Waals surface area (Å²) in [5, 5.41) is 22.9. The minimum atomic E-state index is -0.490. The molecule has 1 saturated heterocycles. The molecule has 0 atom stereocenters. The normalized spacial score (nSPS) is 16.8. The Kier molecular flexibility index (Phi) is 5.44. The molecule has 1 N–H and O–H groups in total. The van der Waals surface area contributed by atoms with Gasteiger partial charge in [0.15, 0.2) is 5.16 Å². The first-order chi connectivity index (χ1) is 13.6. The Balaban J connectivity index is 1.40. The fourth-order valence-corrected chi connectivity index (χ4v) is 3.82. The van der Waals surface area contributed by atoms with E-state index in [9.17, 15) is 14.9 Å². The average molecular weight is 404 g/mol. The zero-order chi connectivity index (χ0) is 19.5. The first-order valence-electron chi connectivity index (χ1n) is 9.06. The van der Waals surface area contributed by atoms with Crippen LogP contribution < -0.4 is 10.2 Å². The lowest BCUT2D eigenvalue weighted by Crippen LogP contribution is -2.38. The SMILES string of the molecule is O=C(CSc1nnc(N2CCOCC2)n1C1CC1)Nc1cccc([N+](=O)[O-])c1. The Morgan fingerprint density at radius 3 is 2.82 bits per heavy atom. The number of hydrogen-bond donors (Lipinski definition) is 1. The highest BCUT2D eigenvalue weighted by Gasteiger charge is 2.32. The van der Waals surface area contributed by atoms with Gasteiger partial charge in [-0.3, -0.25) is 19.5 Å². The molecular weight excluding hydrogens is 384 g/mol. The van der Waals surface area contributed by atoms with E-state index < -0.39 is 4.92 Å². The van der Waals surface area contributed by atoms with Crippen molar-refractivity contribution in [1.82, 2.24) is 14.8 Å². The number of carbonyl (C=O) groups is 1. The van der Waals surface area contributed by atoms with Crippen LogP contribution in [0.3, 0.4) is 0 Å². The van der Waals surface area contributed by atoms with Gasteiger partial charge in [0.05, 0.1) is 23.9 Å². The smallest absolute Gasteiger partial charge is 0.271 e. The standard InChI is InChI=1S/C17H20N6O4S/c24-15(18-12-2-1-3-14(10-12)23(25)26)11-28-17-20-19-16(22(17)13-4-5-13)21-6-8-27-9-7-21/h1-3,10,13H,4-9,11H2,(H,18,24). The van der Waals surface area contributed by atoms with Gasteiger partial charge in [0.1, 0.15) is 0 Å². The highest BCUT2D eigenvalue weighted by Crippen LogP contribution is 2.41. The highest BCUT2D eigenvalue weighted by atomic mass is 32.2. The molecule has 4 rings (SSSR count). The molecule has 28 heavy (non-hydrogen) atoms. The van der Waals surface area contributed by atoms with E-state index >= 15 is 0 Å². The molecule has 1 aromatic carbocycles. The predicted molar refractivity (Wildman–Crippen MR) is 104 cm³/mol. The maximum Gasteiger partial charge on any atom is 0.271 e. The van der Waals surface area contributed by atoms with Gasteiger partial charge in [-0.15, -0.1) is 10.2 Å². The quantitative estimate of drug-likeness (QED) is 0.424. The Labute approximate surface area is 165 Å². The molecular formula is C17H20N6O4S. The number of hydrogen-bond acceptors (Lipinski definition) is 8. The van der Waals surface area contributed by atoms with Crippen molar-refractivity contribution in [1.29, 1.82) is 0 Å². The van der Waals surface area contributed by atoms with Gasteiger partial charge in [-0.1, -0.05) is 17.8 Å². The van der Waals surface area contributed by atoms with E-state index in [2.05, 4.69) is 25.0 Å². The number of nitrogens with zero attached hydrogens (tertiary/aromatic N) is 5. The first kappa shape index (κ1) is 18.7. The summed E-state index contributed by atoms with van der Waals surface area (Å²) < 4.78 is 7.52. The third kappa shape index (κ3) is 4.25. The number of non-ortho nitro benzene ring substituents is 1. The van der Waals surface area contributed by atoms with E-state index in [0.717, 1.165) is 37.0 Å². The number of rotatable bonds is 7. The van der Waals surface area contributed by atoms with Gasteiger partial charge in [0.2, 0.25) is 11.9 Å². The van der Waals surface area contributed by atoms with Crippen LogP contribution >= 0.6 is 11.8 Å². The van der Waals surface area contributed by atoms with Gasteiger partial charge in [-0.25, -0.2) is 0 Å². The zero-order valence-electron chi connectivity index (χ0n) is 15.1. The molecule has 2 fully saturated rings. The Morgan fingerprint density at radius 1 is 1.32 bits per heavy atom. The van der Waals surface area contributed by atoms with E-state index in [1.54, 1.807) is 12.1 Å². The van der Waals surface area contributed by atoms with Crippen LogP contribution in [0.4, 0.5) is 17.3 Å². The predicted octanol–water partition coefficient (Wildman–Crippen LogP) is 2.09. The fraction of sp³-hybridized carbons (Fsp3) is 0.471. The molecule has 1 aliphatic heterocycles. The molecule has 148 valence electrons. The van der Waals surface area contributed by atoms with Crippen molar-refractivity contribution in [2.75, 3.05) is 42.3 Å². The van der Waals surface area contributed by atoms with Crippen molar-refractivity contribution < 1.29 is 14.5 Å². The molecule has 10 nitrogen and oxygen atoms in total. The summed E-state index contributed by atoms with van der Waals surface area (Å²) in [7, 11) is 0.